The lowest BCUT2D eigenvalue weighted by atomic mass is 9.89. The van der Waals surface area contributed by atoms with E-state index in [1.807, 2.05) is 0 Å². The van der Waals surface area contributed by atoms with Gasteiger partial charge in [-0.2, -0.15) is 0 Å². The van der Waals surface area contributed by atoms with Crippen LogP contribution in [0.2, 0.25) is 0 Å². The van der Waals surface area contributed by atoms with Gasteiger partial charge in [0.25, 0.3) is 0 Å². The van der Waals surface area contributed by atoms with E-state index in [2.05, 4.69) is 16.7 Å². The first-order valence-corrected chi connectivity index (χ1v) is 7.14. The molecule has 2 atom stereocenters. The van der Waals surface area contributed by atoms with E-state index >= 15 is 0 Å². The van der Waals surface area contributed by atoms with Crippen LogP contribution in [0.1, 0.15) is 32.1 Å². The SMILES string of the molecule is COC(=O)CCCN(C)C1CCOC2(CCOC2)C1. The summed E-state index contributed by atoms with van der Waals surface area (Å²) in [6.07, 6.45) is 4.47. The molecule has 2 rings (SSSR count). The van der Waals surface area contributed by atoms with Gasteiger partial charge in [-0.05, 0) is 32.9 Å². The Morgan fingerprint density at radius 3 is 3.00 bits per heavy atom. The molecular formula is C14H25NO4. The maximum Gasteiger partial charge on any atom is 0.305 e. The van der Waals surface area contributed by atoms with Crippen molar-refractivity contribution in [2.75, 3.05) is 40.5 Å². The Kier molecular flexibility index (Phi) is 5.19. The molecule has 2 aliphatic rings. The second kappa shape index (κ2) is 6.68. The van der Waals surface area contributed by atoms with Crippen LogP contribution in [-0.4, -0.2) is 63.0 Å². The highest BCUT2D eigenvalue weighted by molar-refractivity contribution is 5.69. The van der Waals surface area contributed by atoms with Crippen LogP contribution < -0.4 is 0 Å². The standard InChI is InChI=1S/C14H25NO4/c1-15(7-3-4-13(16)17-2)12-5-8-19-14(10-12)6-9-18-11-14/h12H,3-11H2,1-2H3. The van der Waals surface area contributed by atoms with Crippen LogP contribution in [0.5, 0.6) is 0 Å². The summed E-state index contributed by atoms with van der Waals surface area (Å²) in [4.78, 5) is 13.4. The summed E-state index contributed by atoms with van der Waals surface area (Å²) in [5, 5.41) is 0. The molecule has 0 aromatic rings. The molecule has 5 nitrogen and oxygen atoms in total. The minimum atomic E-state index is -0.124. The number of esters is 1. The van der Waals surface area contributed by atoms with Gasteiger partial charge >= 0.3 is 5.97 Å². The molecule has 0 bridgehead atoms. The predicted molar refractivity (Wildman–Crippen MR) is 71.0 cm³/mol. The molecule has 19 heavy (non-hydrogen) atoms. The lowest BCUT2D eigenvalue weighted by molar-refractivity contribution is -0.140. The molecule has 2 aliphatic heterocycles. The third kappa shape index (κ3) is 3.91. The Morgan fingerprint density at radius 1 is 1.47 bits per heavy atom. The Hall–Kier alpha value is -0.650. The molecule has 0 saturated carbocycles. The highest BCUT2D eigenvalue weighted by Gasteiger charge is 2.41. The molecule has 0 aliphatic carbocycles. The molecule has 110 valence electrons. The first kappa shape index (κ1) is 14.8. The van der Waals surface area contributed by atoms with Gasteiger partial charge in [0.2, 0.25) is 0 Å². The second-order valence-electron chi connectivity index (χ2n) is 5.64. The molecule has 1 spiro atoms. The zero-order valence-corrected chi connectivity index (χ0v) is 12.0. The number of methoxy groups -OCH3 is 1. The summed E-state index contributed by atoms with van der Waals surface area (Å²) in [6.45, 7) is 3.30. The van der Waals surface area contributed by atoms with Gasteiger partial charge in [-0.25, -0.2) is 0 Å². The summed E-state index contributed by atoms with van der Waals surface area (Å²) in [5.41, 5.74) is -0.0421. The molecule has 0 N–H and O–H groups in total. The van der Waals surface area contributed by atoms with E-state index in [9.17, 15) is 4.79 Å². The molecular weight excluding hydrogens is 246 g/mol. The van der Waals surface area contributed by atoms with Gasteiger partial charge in [0.1, 0.15) is 0 Å². The zero-order chi connectivity index (χ0) is 13.7. The minimum Gasteiger partial charge on any atom is -0.469 e. The number of hydrogen-bond acceptors (Lipinski definition) is 5. The Bertz CT molecular complexity index is 302. The van der Waals surface area contributed by atoms with Crippen molar-refractivity contribution in [3.63, 3.8) is 0 Å². The average molecular weight is 271 g/mol. The normalized spacial score (nSPS) is 31.0. The van der Waals surface area contributed by atoms with Gasteiger partial charge in [0.05, 0.1) is 19.3 Å². The summed E-state index contributed by atoms with van der Waals surface area (Å²) in [6, 6.07) is 0.535. The first-order chi connectivity index (χ1) is 9.15. The van der Waals surface area contributed by atoms with Crippen LogP contribution in [0.3, 0.4) is 0 Å². The van der Waals surface area contributed by atoms with E-state index in [0.29, 0.717) is 12.5 Å². The van der Waals surface area contributed by atoms with E-state index < -0.39 is 0 Å². The molecule has 0 amide bonds. The smallest absolute Gasteiger partial charge is 0.305 e. The largest absolute Gasteiger partial charge is 0.469 e. The topological polar surface area (TPSA) is 48.0 Å². The van der Waals surface area contributed by atoms with Crippen LogP contribution in [0, 0.1) is 0 Å². The number of rotatable bonds is 5. The summed E-state index contributed by atoms with van der Waals surface area (Å²) in [7, 11) is 3.57. The van der Waals surface area contributed by atoms with Gasteiger partial charge < -0.3 is 19.1 Å². The number of carbonyl (C=O) groups excluding carboxylic acids is 1. The van der Waals surface area contributed by atoms with Gasteiger partial charge in [-0.3, -0.25) is 4.79 Å². The van der Waals surface area contributed by atoms with E-state index in [4.69, 9.17) is 9.47 Å². The highest BCUT2D eigenvalue weighted by atomic mass is 16.6. The van der Waals surface area contributed by atoms with E-state index in [1.165, 1.54) is 7.11 Å². The fourth-order valence-electron chi connectivity index (χ4n) is 3.00. The van der Waals surface area contributed by atoms with Crippen molar-refractivity contribution in [1.82, 2.24) is 4.90 Å². The predicted octanol–water partition coefficient (Wildman–Crippen LogP) is 1.21. The average Bonchev–Trinajstić information content (AvgIpc) is 2.86. The zero-order valence-electron chi connectivity index (χ0n) is 12.0. The molecule has 2 unspecified atom stereocenters. The third-order valence-corrected chi connectivity index (χ3v) is 4.28. The number of ether oxygens (including phenoxy) is 3. The summed E-state index contributed by atoms with van der Waals surface area (Å²) < 4.78 is 16.1. The lowest BCUT2D eigenvalue weighted by Crippen LogP contribution is -2.48. The lowest BCUT2D eigenvalue weighted by Gasteiger charge is -2.41. The van der Waals surface area contributed by atoms with Crippen LogP contribution in [-0.2, 0) is 19.0 Å². The van der Waals surface area contributed by atoms with E-state index in [0.717, 1.165) is 52.0 Å². The summed E-state index contributed by atoms with van der Waals surface area (Å²) in [5.74, 6) is -0.124. The van der Waals surface area contributed by atoms with Crippen LogP contribution in [0.4, 0.5) is 0 Å². The highest BCUT2D eigenvalue weighted by Crippen LogP contribution is 2.34. The molecule has 2 fully saturated rings. The molecule has 0 radical (unpaired) electrons. The second-order valence-corrected chi connectivity index (χ2v) is 5.64. The van der Waals surface area contributed by atoms with Crippen LogP contribution in [0.25, 0.3) is 0 Å². The quantitative estimate of drug-likeness (QED) is 0.703. The van der Waals surface area contributed by atoms with Crippen molar-refractivity contribution in [3.05, 3.63) is 0 Å². The maximum absolute atomic E-state index is 11.1. The third-order valence-electron chi connectivity index (χ3n) is 4.28. The van der Waals surface area contributed by atoms with E-state index in [-0.39, 0.29) is 11.6 Å². The van der Waals surface area contributed by atoms with Crippen molar-refractivity contribution >= 4 is 5.97 Å². The van der Waals surface area contributed by atoms with Gasteiger partial charge in [0.15, 0.2) is 0 Å². The van der Waals surface area contributed by atoms with Crippen molar-refractivity contribution in [2.24, 2.45) is 0 Å². The molecule has 0 aromatic carbocycles. The van der Waals surface area contributed by atoms with Gasteiger partial charge in [0, 0.05) is 32.1 Å². The molecule has 5 heteroatoms. The van der Waals surface area contributed by atoms with Crippen LogP contribution in [0.15, 0.2) is 0 Å². The molecule has 2 saturated heterocycles. The number of carbonyl (C=O) groups is 1. The first-order valence-electron chi connectivity index (χ1n) is 7.14. The number of hydrogen-bond donors (Lipinski definition) is 0. The van der Waals surface area contributed by atoms with Crippen molar-refractivity contribution < 1.29 is 19.0 Å². The minimum absolute atomic E-state index is 0.0421. The number of nitrogens with zero attached hydrogens (tertiary/aromatic N) is 1. The summed E-state index contributed by atoms with van der Waals surface area (Å²) >= 11 is 0. The monoisotopic (exact) mass is 271 g/mol. The van der Waals surface area contributed by atoms with Gasteiger partial charge in [-0.15, -0.1) is 0 Å². The molecule has 2 heterocycles. The Morgan fingerprint density at radius 2 is 2.32 bits per heavy atom. The Balaban J connectivity index is 1.75. The molecule has 0 aromatic heterocycles. The van der Waals surface area contributed by atoms with Crippen molar-refractivity contribution in [1.29, 1.82) is 0 Å². The van der Waals surface area contributed by atoms with Crippen LogP contribution >= 0.6 is 0 Å². The van der Waals surface area contributed by atoms with E-state index in [1.54, 1.807) is 0 Å². The fourth-order valence-corrected chi connectivity index (χ4v) is 3.00. The maximum atomic E-state index is 11.1. The van der Waals surface area contributed by atoms with Crippen molar-refractivity contribution in [3.8, 4) is 0 Å². The fraction of sp³-hybridized carbons (Fsp3) is 0.929. The van der Waals surface area contributed by atoms with Crippen molar-refractivity contribution in [2.45, 2.75) is 43.7 Å². The Labute approximate surface area is 115 Å². The van der Waals surface area contributed by atoms with Gasteiger partial charge in [-0.1, -0.05) is 0 Å².